The first-order valence-electron chi connectivity index (χ1n) is 5.36. The molecule has 4 nitrogen and oxygen atoms in total. The minimum atomic E-state index is -0.959. The van der Waals surface area contributed by atoms with E-state index in [4.69, 9.17) is 9.84 Å². The lowest BCUT2D eigenvalue weighted by Crippen LogP contribution is -1.98. The van der Waals surface area contributed by atoms with Gasteiger partial charge in [-0.05, 0) is 30.7 Å². The highest BCUT2D eigenvalue weighted by atomic mass is 16.5. The van der Waals surface area contributed by atoms with E-state index in [1.54, 1.807) is 12.3 Å². The number of carbonyl (C=O) groups is 1. The Kier molecular flexibility index (Phi) is 3.14. The number of rotatable bonds is 4. The summed E-state index contributed by atoms with van der Waals surface area (Å²) in [7, 11) is 0. The predicted octanol–water partition coefficient (Wildman–Crippen LogP) is 2.78. The maximum absolute atomic E-state index is 11.0. The van der Waals surface area contributed by atoms with Gasteiger partial charge in [-0.2, -0.15) is 0 Å². The molecule has 0 amide bonds. The van der Waals surface area contributed by atoms with Crippen molar-refractivity contribution in [1.29, 1.82) is 0 Å². The number of ether oxygens (including phenoxy) is 1. The quantitative estimate of drug-likeness (QED) is 0.850. The normalized spacial score (nSPS) is 10.2. The smallest absolute Gasteiger partial charge is 0.352 e. The molecule has 2 aromatic rings. The summed E-state index contributed by atoms with van der Waals surface area (Å²) >= 11 is 0. The lowest BCUT2D eigenvalue weighted by atomic mass is 10.1. The summed E-state index contributed by atoms with van der Waals surface area (Å²) < 4.78 is 5.33. The van der Waals surface area contributed by atoms with Crippen LogP contribution in [0.5, 0.6) is 5.75 Å². The zero-order chi connectivity index (χ0) is 12.3. The van der Waals surface area contributed by atoms with E-state index in [9.17, 15) is 4.79 Å². The third-order valence-corrected chi connectivity index (χ3v) is 2.44. The van der Waals surface area contributed by atoms with Gasteiger partial charge in [0.25, 0.3) is 0 Å². The second kappa shape index (κ2) is 4.74. The first-order valence-corrected chi connectivity index (χ1v) is 5.36. The zero-order valence-corrected chi connectivity index (χ0v) is 9.43. The highest BCUT2D eigenvalue weighted by Gasteiger charge is 2.12. The lowest BCUT2D eigenvalue weighted by molar-refractivity contribution is 0.0692. The molecule has 0 aliphatic carbocycles. The Hall–Kier alpha value is -2.23. The number of nitrogens with one attached hydrogen (secondary N) is 1. The van der Waals surface area contributed by atoms with E-state index in [0.717, 1.165) is 11.3 Å². The molecule has 4 heteroatoms. The Bertz CT molecular complexity index is 514. The number of benzene rings is 1. The fraction of sp³-hybridized carbons (Fsp3) is 0.154. The van der Waals surface area contributed by atoms with Crippen molar-refractivity contribution in [3.05, 3.63) is 42.2 Å². The highest BCUT2D eigenvalue weighted by Crippen LogP contribution is 2.25. The SMILES string of the molecule is CCOc1ccc(-c2cc[nH]c2C(=O)O)cc1. The third-order valence-electron chi connectivity index (χ3n) is 2.44. The second-order valence-electron chi connectivity index (χ2n) is 3.53. The van der Waals surface area contributed by atoms with Gasteiger partial charge < -0.3 is 14.8 Å². The molecule has 1 aromatic heterocycles. The first-order chi connectivity index (χ1) is 8.22. The van der Waals surface area contributed by atoms with Crippen molar-refractivity contribution in [1.82, 2.24) is 4.98 Å². The molecule has 88 valence electrons. The summed E-state index contributed by atoms with van der Waals surface area (Å²) in [6.07, 6.45) is 1.62. The molecule has 0 aliphatic heterocycles. The number of aromatic nitrogens is 1. The van der Waals surface area contributed by atoms with Crippen molar-refractivity contribution < 1.29 is 14.6 Å². The van der Waals surface area contributed by atoms with Crippen LogP contribution >= 0.6 is 0 Å². The zero-order valence-electron chi connectivity index (χ0n) is 9.43. The number of hydrogen-bond acceptors (Lipinski definition) is 2. The molecular weight excluding hydrogens is 218 g/mol. The van der Waals surface area contributed by atoms with Crippen molar-refractivity contribution in [2.45, 2.75) is 6.92 Å². The topological polar surface area (TPSA) is 62.3 Å². The van der Waals surface area contributed by atoms with Crippen LogP contribution in [0.2, 0.25) is 0 Å². The van der Waals surface area contributed by atoms with Crippen molar-refractivity contribution >= 4 is 5.97 Å². The Balaban J connectivity index is 2.33. The predicted molar refractivity (Wildman–Crippen MR) is 64.4 cm³/mol. The largest absolute Gasteiger partial charge is 0.494 e. The summed E-state index contributed by atoms with van der Waals surface area (Å²) in [4.78, 5) is 13.7. The van der Waals surface area contributed by atoms with Gasteiger partial charge in [-0.15, -0.1) is 0 Å². The summed E-state index contributed by atoms with van der Waals surface area (Å²) in [6, 6.07) is 9.11. The van der Waals surface area contributed by atoms with Crippen molar-refractivity contribution in [3.8, 4) is 16.9 Å². The van der Waals surface area contributed by atoms with Crippen LogP contribution in [0, 0.1) is 0 Å². The van der Waals surface area contributed by atoms with E-state index >= 15 is 0 Å². The van der Waals surface area contributed by atoms with E-state index in [0.29, 0.717) is 12.2 Å². The Morgan fingerprint density at radius 2 is 2.00 bits per heavy atom. The Labute approximate surface area is 98.9 Å². The summed E-state index contributed by atoms with van der Waals surface area (Å²) in [5.41, 5.74) is 1.74. The summed E-state index contributed by atoms with van der Waals surface area (Å²) in [5, 5.41) is 9.00. The molecule has 0 spiro atoms. The van der Waals surface area contributed by atoms with Crippen LogP contribution in [0.25, 0.3) is 11.1 Å². The molecule has 0 bridgehead atoms. The average molecular weight is 231 g/mol. The molecule has 0 radical (unpaired) electrons. The van der Waals surface area contributed by atoms with Gasteiger partial charge in [0.15, 0.2) is 0 Å². The highest BCUT2D eigenvalue weighted by molar-refractivity contribution is 5.94. The maximum Gasteiger partial charge on any atom is 0.352 e. The molecule has 1 aromatic carbocycles. The minimum absolute atomic E-state index is 0.203. The number of aromatic amines is 1. The van der Waals surface area contributed by atoms with E-state index in [2.05, 4.69) is 4.98 Å². The van der Waals surface area contributed by atoms with Gasteiger partial charge >= 0.3 is 5.97 Å². The number of hydrogen-bond donors (Lipinski definition) is 2. The molecule has 0 unspecified atom stereocenters. The van der Waals surface area contributed by atoms with Crippen LogP contribution in [0.4, 0.5) is 0 Å². The summed E-state index contributed by atoms with van der Waals surface area (Å²) in [6.45, 7) is 2.53. The van der Waals surface area contributed by atoms with Crippen molar-refractivity contribution in [2.75, 3.05) is 6.61 Å². The van der Waals surface area contributed by atoms with Crippen molar-refractivity contribution in [3.63, 3.8) is 0 Å². The van der Waals surface area contributed by atoms with Gasteiger partial charge in [0.05, 0.1) is 6.61 Å². The number of carboxylic acid groups (broad SMARTS) is 1. The monoisotopic (exact) mass is 231 g/mol. The van der Waals surface area contributed by atoms with Gasteiger partial charge in [0.1, 0.15) is 11.4 Å². The molecule has 0 atom stereocenters. The van der Waals surface area contributed by atoms with Crippen LogP contribution in [0.3, 0.4) is 0 Å². The van der Waals surface area contributed by atoms with Gasteiger partial charge in [0.2, 0.25) is 0 Å². The second-order valence-corrected chi connectivity index (χ2v) is 3.53. The Morgan fingerprint density at radius 3 is 2.59 bits per heavy atom. The van der Waals surface area contributed by atoms with Gasteiger partial charge in [0, 0.05) is 11.8 Å². The summed E-state index contributed by atoms with van der Waals surface area (Å²) in [5.74, 6) is -0.178. The lowest BCUT2D eigenvalue weighted by Gasteiger charge is -2.04. The molecule has 1 heterocycles. The van der Waals surface area contributed by atoms with Crippen LogP contribution < -0.4 is 4.74 Å². The third kappa shape index (κ3) is 2.30. The molecule has 2 rings (SSSR count). The number of carboxylic acids is 1. The molecule has 0 saturated heterocycles. The van der Waals surface area contributed by atoms with Crippen molar-refractivity contribution in [2.24, 2.45) is 0 Å². The standard InChI is InChI=1S/C13H13NO3/c1-2-17-10-5-3-9(4-6-10)11-7-8-14-12(11)13(15)16/h3-8,14H,2H2,1H3,(H,15,16). The number of H-pyrrole nitrogens is 1. The Morgan fingerprint density at radius 1 is 1.29 bits per heavy atom. The number of aromatic carboxylic acids is 1. The molecular formula is C13H13NO3. The van der Waals surface area contributed by atoms with Crippen LogP contribution in [0.1, 0.15) is 17.4 Å². The first kappa shape index (κ1) is 11.3. The van der Waals surface area contributed by atoms with Crippen LogP contribution in [-0.2, 0) is 0 Å². The van der Waals surface area contributed by atoms with E-state index in [-0.39, 0.29) is 5.69 Å². The van der Waals surface area contributed by atoms with E-state index in [1.165, 1.54) is 0 Å². The van der Waals surface area contributed by atoms with Crippen LogP contribution in [0.15, 0.2) is 36.5 Å². The van der Waals surface area contributed by atoms with Gasteiger partial charge in [-0.1, -0.05) is 12.1 Å². The average Bonchev–Trinajstić information content (AvgIpc) is 2.79. The minimum Gasteiger partial charge on any atom is -0.494 e. The maximum atomic E-state index is 11.0. The molecule has 0 aliphatic rings. The van der Waals surface area contributed by atoms with Gasteiger partial charge in [-0.3, -0.25) is 0 Å². The fourth-order valence-electron chi connectivity index (χ4n) is 1.68. The molecule has 0 saturated carbocycles. The fourth-order valence-corrected chi connectivity index (χ4v) is 1.68. The molecule has 0 fully saturated rings. The van der Waals surface area contributed by atoms with E-state index in [1.807, 2.05) is 31.2 Å². The van der Waals surface area contributed by atoms with Gasteiger partial charge in [-0.25, -0.2) is 4.79 Å². The van der Waals surface area contributed by atoms with E-state index < -0.39 is 5.97 Å². The molecule has 17 heavy (non-hydrogen) atoms. The molecule has 2 N–H and O–H groups in total. The van der Waals surface area contributed by atoms with Crippen LogP contribution in [-0.4, -0.2) is 22.7 Å².